The molecule has 0 saturated heterocycles. The molecule has 0 spiro atoms. The first-order valence-corrected chi connectivity index (χ1v) is 7.00. The molecule has 19 heavy (non-hydrogen) atoms. The van der Waals surface area contributed by atoms with Crippen molar-refractivity contribution in [2.24, 2.45) is 0 Å². The lowest BCUT2D eigenvalue weighted by Crippen LogP contribution is -2.39. The van der Waals surface area contributed by atoms with Crippen LogP contribution in [0, 0.1) is 5.82 Å². The zero-order chi connectivity index (χ0) is 14.6. The first kappa shape index (κ1) is 15.4. The number of hydrogen-bond donors (Lipinski definition) is 2. The summed E-state index contributed by atoms with van der Waals surface area (Å²) in [4.78, 5) is 11.1. The van der Waals surface area contributed by atoms with E-state index in [0.29, 0.717) is 0 Å². The number of carbonyl (C=O) groups is 1. The maximum atomic E-state index is 13.0. The van der Waals surface area contributed by atoms with Gasteiger partial charge in [0.15, 0.2) is 0 Å². The molecule has 3 N–H and O–H groups in total. The van der Waals surface area contributed by atoms with Crippen molar-refractivity contribution in [3.8, 4) is 0 Å². The number of nitrogen functional groups attached to an aromatic ring is 1. The van der Waals surface area contributed by atoms with Gasteiger partial charge in [-0.05, 0) is 32.0 Å². The van der Waals surface area contributed by atoms with Crippen molar-refractivity contribution >= 4 is 21.7 Å². The van der Waals surface area contributed by atoms with Crippen molar-refractivity contribution in [2.45, 2.75) is 24.8 Å². The van der Waals surface area contributed by atoms with Crippen LogP contribution in [0.5, 0.6) is 0 Å². The quantitative estimate of drug-likeness (QED) is 0.612. The van der Waals surface area contributed by atoms with Crippen LogP contribution in [-0.4, -0.2) is 27.0 Å². The van der Waals surface area contributed by atoms with E-state index in [4.69, 9.17) is 5.73 Å². The molecular weight excluding hydrogens is 275 g/mol. The molecule has 0 bridgehead atoms. The van der Waals surface area contributed by atoms with Gasteiger partial charge >= 0.3 is 5.97 Å². The smallest absolute Gasteiger partial charge is 0.323 e. The summed E-state index contributed by atoms with van der Waals surface area (Å²) >= 11 is 0. The Hall–Kier alpha value is -1.67. The lowest BCUT2D eigenvalue weighted by atomic mass is 10.3. The maximum Gasteiger partial charge on any atom is 0.323 e. The Balaban J connectivity index is 2.92. The van der Waals surface area contributed by atoms with E-state index in [1.165, 1.54) is 6.92 Å². The van der Waals surface area contributed by atoms with Crippen molar-refractivity contribution in [1.29, 1.82) is 0 Å². The predicted molar refractivity (Wildman–Crippen MR) is 67.2 cm³/mol. The molecule has 0 aliphatic rings. The number of carbonyl (C=O) groups excluding carboxylic acids is 1. The molecule has 0 amide bonds. The number of esters is 1. The normalized spacial score (nSPS) is 13.0. The minimum absolute atomic E-state index is 0.147. The van der Waals surface area contributed by atoms with Crippen LogP contribution in [0.4, 0.5) is 10.1 Å². The monoisotopic (exact) mass is 290 g/mol. The van der Waals surface area contributed by atoms with Crippen molar-refractivity contribution in [2.75, 3.05) is 12.3 Å². The third-order valence-electron chi connectivity index (χ3n) is 2.25. The van der Waals surface area contributed by atoms with Gasteiger partial charge in [-0.1, -0.05) is 0 Å². The number of nitrogens with one attached hydrogen (secondary N) is 1. The first-order chi connectivity index (χ1) is 8.77. The summed E-state index contributed by atoms with van der Waals surface area (Å²) < 4.78 is 43.6. The predicted octanol–water partition coefficient (Wildman–Crippen LogP) is 0.638. The molecule has 1 rings (SSSR count). The van der Waals surface area contributed by atoms with Gasteiger partial charge in [0.1, 0.15) is 11.9 Å². The zero-order valence-electron chi connectivity index (χ0n) is 10.5. The Morgan fingerprint density at radius 3 is 2.68 bits per heavy atom. The summed E-state index contributed by atoms with van der Waals surface area (Å²) in [6, 6.07) is 1.94. The number of halogens is 1. The molecule has 8 heteroatoms. The Bertz CT molecular complexity index is 574. The van der Waals surface area contributed by atoms with Gasteiger partial charge in [0.05, 0.1) is 17.2 Å². The lowest BCUT2D eigenvalue weighted by Gasteiger charge is -2.13. The number of nitrogens with two attached hydrogens (primary N) is 1. The summed E-state index contributed by atoms with van der Waals surface area (Å²) in [6.07, 6.45) is 0. The van der Waals surface area contributed by atoms with E-state index in [1.54, 1.807) is 6.92 Å². The molecule has 0 aromatic heterocycles. The van der Waals surface area contributed by atoms with Gasteiger partial charge in [0.25, 0.3) is 0 Å². The number of anilines is 1. The van der Waals surface area contributed by atoms with Crippen molar-refractivity contribution < 1.29 is 22.3 Å². The van der Waals surface area contributed by atoms with Gasteiger partial charge in [0.2, 0.25) is 10.0 Å². The molecule has 0 aliphatic heterocycles. The largest absolute Gasteiger partial charge is 0.465 e. The third-order valence-corrected chi connectivity index (χ3v) is 3.79. The van der Waals surface area contributed by atoms with E-state index in [-0.39, 0.29) is 17.2 Å². The minimum atomic E-state index is -3.96. The number of sulfonamides is 1. The van der Waals surface area contributed by atoms with Crippen molar-refractivity contribution in [3.63, 3.8) is 0 Å². The van der Waals surface area contributed by atoms with Crippen LogP contribution in [0.15, 0.2) is 23.1 Å². The summed E-state index contributed by atoms with van der Waals surface area (Å²) in [6.45, 7) is 3.11. The molecule has 1 aromatic rings. The molecule has 0 heterocycles. The SMILES string of the molecule is CCOC(=O)C(C)NS(=O)(=O)c1ccc(F)c(N)c1. The molecule has 0 fully saturated rings. The first-order valence-electron chi connectivity index (χ1n) is 5.52. The van der Waals surface area contributed by atoms with Crippen LogP contribution in [0.25, 0.3) is 0 Å². The molecule has 0 aliphatic carbocycles. The number of hydrogen-bond acceptors (Lipinski definition) is 5. The van der Waals surface area contributed by atoms with Gasteiger partial charge in [-0.25, -0.2) is 12.8 Å². The van der Waals surface area contributed by atoms with E-state index in [1.807, 2.05) is 0 Å². The van der Waals surface area contributed by atoms with E-state index >= 15 is 0 Å². The average Bonchev–Trinajstić information content (AvgIpc) is 2.32. The second kappa shape index (κ2) is 5.98. The van der Waals surface area contributed by atoms with Gasteiger partial charge in [-0.15, -0.1) is 0 Å². The Morgan fingerprint density at radius 1 is 1.53 bits per heavy atom. The highest BCUT2D eigenvalue weighted by molar-refractivity contribution is 7.89. The highest BCUT2D eigenvalue weighted by Crippen LogP contribution is 2.16. The van der Waals surface area contributed by atoms with Gasteiger partial charge < -0.3 is 10.5 Å². The van der Waals surface area contributed by atoms with E-state index in [9.17, 15) is 17.6 Å². The fourth-order valence-corrected chi connectivity index (χ4v) is 2.53. The number of ether oxygens (including phenoxy) is 1. The second-order valence-corrected chi connectivity index (χ2v) is 5.49. The summed E-state index contributed by atoms with van der Waals surface area (Å²) in [7, 11) is -3.96. The summed E-state index contributed by atoms with van der Waals surface area (Å²) in [5.74, 6) is -1.40. The molecule has 1 aromatic carbocycles. The topological polar surface area (TPSA) is 98.5 Å². The fourth-order valence-electron chi connectivity index (χ4n) is 1.31. The van der Waals surface area contributed by atoms with Crippen LogP contribution in [0.2, 0.25) is 0 Å². The number of benzene rings is 1. The Labute approximate surface area is 110 Å². The third kappa shape index (κ3) is 3.90. The van der Waals surface area contributed by atoms with Crippen LogP contribution in [-0.2, 0) is 19.6 Å². The summed E-state index contributed by atoms with van der Waals surface area (Å²) in [5, 5.41) is 0. The van der Waals surface area contributed by atoms with Crippen LogP contribution in [0.1, 0.15) is 13.8 Å². The Morgan fingerprint density at radius 2 is 2.16 bits per heavy atom. The zero-order valence-corrected chi connectivity index (χ0v) is 11.3. The van der Waals surface area contributed by atoms with Gasteiger partial charge in [0, 0.05) is 0 Å². The van der Waals surface area contributed by atoms with Crippen molar-refractivity contribution in [3.05, 3.63) is 24.0 Å². The van der Waals surface area contributed by atoms with Crippen LogP contribution in [0.3, 0.4) is 0 Å². The molecule has 6 nitrogen and oxygen atoms in total. The second-order valence-electron chi connectivity index (χ2n) is 3.78. The average molecular weight is 290 g/mol. The molecule has 1 atom stereocenters. The maximum absolute atomic E-state index is 13.0. The van der Waals surface area contributed by atoms with Crippen LogP contribution >= 0.6 is 0 Å². The lowest BCUT2D eigenvalue weighted by molar-refractivity contribution is -0.144. The molecule has 0 radical (unpaired) electrons. The standard InChI is InChI=1S/C11H15FN2O4S/c1-3-18-11(15)7(2)14-19(16,17)8-4-5-9(12)10(13)6-8/h4-7,14H,3,13H2,1-2H3. The van der Waals surface area contributed by atoms with Gasteiger partial charge in [-0.3, -0.25) is 4.79 Å². The highest BCUT2D eigenvalue weighted by atomic mass is 32.2. The highest BCUT2D eigenvalue weighted by Gasteiger charge is 2.23. The number of rotatable bonds is 5. The summed E-state index contributed by atoms with van der Waals surface area (Å²) in [5.41, 5.74) is 5.01. The van der Waals surface area contributed by atoms with Crippen molar-refractivity contribution in [1.82, 2.24) is 4.72 Å². The fraction of sp³-hybridized carbons (Fsp3) is 0.364. The molecule has 0 saturated carbocycles. The molecule has 1 unspecified atom stereocenters. The van der Waals surface area contributed by atoms with Crippen LogP contribution < -0.4 is 10.5 Å². The molecule has 106 valence electrons. The minimum Gasteiger partial charge on any atom is -0.465 e. The molecular formula is C11H15FN2O4S. The van der Waals surface area contributed by atoms with E-state index in [2.05, 4.69) is 9.46 Å². The Kier molecular flexibility index (Phi) is 4.84. The van der Waals surface area contributed by atoms with Gasteiger partial charge in [-0.2, -0.15) is 4.72 Å². The van der Waals surface area contributed by atoms with E-state index < -0.39 is 27.9 Å². The van der Waals surface area contributed by atoms with E-state index in [0.717, 1.165) is 18.2 Å².